The van der Waals surface area contributed by atoms with Crippen LogP contribution in [0.5, 0.6) is 0 Å². The summed E-state index contributed by atoms with van der Waals surface area (Å²) in [4.78, 5) is 4.75. The number of hydrogen-bond acceptors (Lipinski definition) is 2. The number of aryl methyl sites for hydroxylation is 1. The van der Waals surface area contributed by atoms with E-state index in [-0.39, 0.29) is 0 Å². The topological polar surface area (TPSA) is 29.3 Å². The van der Waals surface area contributed by atoms with Crippen LogP contribution in [-0.2, 0) is 0 Å². The Morgan fingerprint density at radius 2 is 2.44 bits per heavy atom. The van der Waals surface area contributed by atoms with E-state index in [0.29, 0.717) is 5.92 Å². The predicted molar refractivity (Wildman–Crippen MR) is 67.9 cm³/mol. The van der Waals surface area contributed by atoms with Crippen LogP contribution in [0, 0.1) is 6.92 Å². The first kappa shape index (κ1) is 10.3. The number of halogens is 1. The normalized spacial score (nSPS) is 20.8. The van der Waals surface area contributed by atoms with Crippen molar-refractivity contribution in [1.29, 1.82) is 0 Å². The van der Waals surface area contributed by atoms with E-state index in [9.17, 15) is 0 Å². The first-order valence-corrected chi connectivity index (χ1v) is 6.40. The van der Waals surface area contributed by atoms with E-state index in [0.717, 1.165) is 23.2 Å². The lowest BCUT2D eigenvalue weighted by Gasteiger charge is -2.05. The number of aromatic nitrogens is 2. The predicted octanol–water partition coefficient (Wildman–Crippen LogP) is 2.48. The minimum absolute atomic E-state index is 0.582. The molecule has 3 heterocycles. The van der Waals surface area contributed by atoms with E-state index in [4.69, 9.17) is 4.98 Å². The summed E-state index contributed by atoms with van der Waals surface area (Å²) in [5, 5.41) is 3.40. The largest absolute Gasteiger partial charge is 0.316 e. The number of rotatable bonds is 1. The first-order valence-electron chi connectivity index (χ1n) is 5.60. The number of nitrogens with zero attached hydrogens (tertiary/aromatic N) is 2. The molecule has 3 nitrogen and oxygen atoms in total. The minimum Gasteiger partial charge on any atom is -0.316 e. The standard InChI is InChI=1S/C12H14BrN3/c1-8-12(9-2-4-14-7-9)15-11-6-10(13)3-5-16(8)11/h3,5-6,9,14H,2,4,7H2,1H3. The van der Waals surface area contributed by atoms with Crippen molar-refractivity contribution in [1.82, 2.24) is 14.7 Å². The molecular weight excluding hydrogens is 266 g/mol. The molecule has 16 heavy (non-hydrogen) atoms. The molecule has 2 aromatic rings. The van der Waals surface area contributed by atoms with Gasteiger partial charge in [-0.25, -0.2) is 4.98 Å². The summed E-state index contributed by atoms with van der Waals surface area (Å²) in [7, 11) is 0. The van der Waals surface area contributed by atoms with Gasteiger partial charge < -0.3 is 9.72 Å². The lowest BCUT2D eigenvalue weighted by Crippen LogP contribution is -2.08. The zero-order chi connectivity index (χ0) is 11.1. The molecule has 1 fully saturated rings. The van der Waals surface area contributed by atoms with Crippen molar-refractivity contribution in [2.24, 2.45) is 0 Å². The van der Waals surface area contributed by atoms with Crippen LogP contribution in [0.1, 0.15) is 23.7 Å². The minimum atomic E-state index is 0.582. The molecule has 3 rings (SSSR count). The van der Waals surface area contributed by atoms with Crippen LogP contribution in [0.2, 0.25) is 0 Å². The number of hydrogen-bond donors (Lipinski definition) is 1. The highest BCUT2D eigenvalue weighted by atomic mass is 79.9. The van der Waals surface area contributed by atoms with Crippen LogP contribution < -0.4 is 5.32 Å². The van der Waals surface area contributed by atoms with E-state index in [1.54, 1.807) is 0 Å². The quantitative estimate of drug-likeness (QED) is 0.869. The van der Waals surface area contributed by atoms with E-state index in [2.05, 4.69) is 50.9 Å². The maximum Gasteiger partial charge on any atom is 0.138 e. The second-order valence-electron chi connectivity index (χ2n) is 4.35. The molecule has 0 saturated carbocycles. The molecule has 1 aliphatic heterocycles. The van der Waals surface area contributed by atoms with E-state index < -0.39 is 0 Å². The van der Waals surface area contributed by atoms with Crippen molar-refractivity contribution in [3.8, 4) is 0 Å². The average Bonchev–Trinajstić information content (AvgIpc) is 2.86. The average molecular weight is 280 g/mol. The summed E-state index contributed by atoms with van der Waals surface area (Å²) < 4.78 is 3.25. The van der Waals surface area contributed by atoms with Gasteiger partial charge in [-0.15, -0.1) is 0 Å². The molecule has 1 unspecified atom stereocenters. The van der Waals surface area contributed by atoms with Crippen molar-refractivity contribution in [3.63, 3.8) is 0 Å². The van der Waals surface area contributed by atoms with E-state index >= 15 is 0 Å². The monoisotopic (exact) mass is 279 g/mol. The Balaban J connectivity index is 2.14. The molecule has 4 heteroatoms. The molecule has 1 aliphatic rings. The van der Waals surface area contributed by atoms with Crippen molar-refractivity contribution in [2.45, 2.75) is 19.3 Å². The molecule has 0 radical (unpaired) electrons. The Kier molecular flexibility index (Phi) is 2.48. The molecule has 2 aromatic heterocycles. The Morgan fingerprint density at radius 1 is 1.56 bits per heavy atom. The molecule has 84 valence electrons. The summed E-state index contributed by atoms with van der Waals surface area (Å²) in [6, 6.07) is 4.12. The Bertz CT molecular complexity index is 526. The molecule has 1 atom stereocenters. The summed E-state index contributed by atoms with van der Waals surface area (Å²) >= 11 is 3.48. The second-order valence-corrected chi connectivity index (χ2v) is 5.26. The number of imidazole rings is 1. The zero-order valence-corrected chi connectivity index (χ0v) is 10.8. The molecule has 1 saturated heterocycles. The van der Waals surface area contributed by atoms with Crippen molar-refractivity contribution >= 4 is 21.6 Å². The fourth-order valence-corrected chi connectivity index (χ4v) is 2.76. The van der Waals surface area contributed by atoms with Crippen LogP contribution in [0.3, 0.4) is 0 Å². The Labute approximate surface area is 103 Å². The summed E-state index contributed by atoms with van der Waals surface area (Å²) in [6.07, 6.45) is 3.28. The van der Waals surface area contributed by atoms with Crippen LogP contribution in [0.25, 0.3) is 5.65 Å². The van der Waals surface area contributed by atoms with Gasteiger partial charge in [0.05, 0.1) is 5.69 Å². The summed E-state index contributed by atoms with van der Waals surface area (Å²) in [6.45, 7) is 4.33. The lowest BCUT2D eigenvalue weighted by atomic mass is 10.0. The molecule has 0 bridgehead atoms. The number of pyridine rings is 1. The third-order valence-electron chi connectivity index (χ3n) is 3.31. The smallest absolute Gasteiger partial charge is 0.138 e. The van der Waals surface area contributed by atoms with Crippen LogP contribution in [-0.4, -0.2) is 22.5 Å². The summed E-state index contributed by atoms with van der Waals surface area (Å²) in [5.74, 6) is 0.582. The maximum absolute atomic E-state index is 4.75. The van der Waals surface area contributed by atoms with Crippen LogP contribution in [0.4, 0.5) is 0 Å². The highest BCUT2D eigenvalue weighted by molar-refractivity contribution is 9.10. The van der Waals surface area contributed by atoms with Crippen molar-refractivity contribution < 1.29 is 0 Å². The molecule has 0 aromatic carbocycles. The van der Waals surface area contributed by atoms with Gasteiger partial charge in [-0.1, -0.05) is 15.9 Å². The third-order valence-corrected chi connectivity index (χ3v) is 3.80. The molecule has 0 aliphatic carbocycles. The molecule has 0 spiro atoms. The van der Waals surface area contributed by atoms with Gasteiger partial charge >= 0.3 is 0 Å². The van der Waals surface area contributed by atoms with Gasteiger partial charge in [0, 0.05) is 28.8 Å². The fraction of sp³-hybridized carbons (Fsp3) is 0.417. The maximum atomic E-state index is 4.75. The van der Waals surface area contributed by atoms with Crippen molar-refractivity contribution in [3.05, 3.63) is 34.2 Å². The fourth-order valence-electron chi connectivity index (χ4n) is 2.44. The van der Waals surface area contributed by atoms with Gasteiger partial charge in [-0.2, -0.15) is 0 Å². The van der Waals surface area contributed by atoms with Crippen LogP contribution in [0.15, 0.2) is 22.8 Å². The van der Waals surface area contributed by atoms with Gasteiger partial charge in [0.2, 0.25) is 0 Å². The van der Waals surface area contributed by atoms with Crippen molar-refractivity contribution in [2.75, 3.05) is 13.1 Å². The van der Waals surface area contributed by atoms with Crippen LogP contribution >= 0.6 is 15.9 Å². The van der Waals surface area contributed by atoms with Gasteiger partial charge in [-0.05, 0) is 32.0 Å². The third kappa shape index (κ3) is 1.57. The van der Waals surface area contributed by atoms with Gasteiger partial charge in [0.15, 0.2) is 0 Å². The first-order chi connectivity index (χ1) is 7.75. The van der Waals surface area contributed by atoms with Gasteiger partial charge in [0.25, 0.3) is 0 Å². The van der Waals surface area contributed by atoms with E-state index in [1.165, 1.54) is 17.8 Å². The Hall–Kier alpha value is -0.870. The number of fused-ring (bicyclic) bond motifs is 1. The van der Waals surface area contributed by atoms with Gasteiger partial charge in [0.1, 0.15) is 5.65 Å². The lowest BCUT2D eigenvalue weighted by molar-refractivity contribution is 0.734. The second kappa shape index (κ2) is 3.86. The molecule has 0 amide bonds. The van der Waals surface area contributed by atoms with E-state index in [1.807, 2.05) is 0 Å². The highest BCUT2D eigenvalue weighted by Crippen LogP contribution is 2.26. The Morgan fingerprint density at radius 3 is 3.19 bits per heavy atom. The molecular formula is C12H14BrN3. The number of nitrogens with one attached hydrogen (secondary N) is 1. The summed E-state index contributed by atoms with van der Waals surface area (Å²) in [5.41, 5.74) is 3.56. The highest BCUT2D eigenvalue weighted by Gasteiger charge is 2.22. The SMILES string of the molecule is Cc1c(C2CCNC2)nc2cc(Br)ccn12. The zero-order valence-electron chi connectivity index (χ0n) is 9.20. The van der Waals surface area contributed by atoms with Gasteiger partial charge in [-0.3, -0.25) is 0 Å². The molecule has 1 N–H and O–H groups in total.